The molecule has 5 heteroatoms. The van der Waals surface area contributed by atoms with E-state index >= 15 is 0 Å². The Hall–Kier alpha value is -0.910. The fourth-order valence-corrected chi connectivity index (χ4v) is 4.42. The molecule has 0 aliphatic carbocycles. The van der Waals surface area contributed by atoms with E-state index in [1.54, 1.807) is 16.4 Å². The van der Waals surface area contributed by atoms with Crippen molar-refractivity contribution >= 4 is 10.0 Å². The third kappa shape index (κ3) is 4.53. The van der Waals surface area contributed by atoms with E-state index in [1.165, 1.54) is 0 Å². The van der Waals surface area contributed by atoms with Gasteiger partial charge in [0.05, 0.1) is 4.90 Å². The van der Waals surface area contributed by atoms with Gasteiger partial charge < -0.3 is 5.73 Å². The van der Waals surface area contributed by atoms with Crippen molar-refractivity contribution < 1.29 is 8.42 Å². The Bertz CT molecular complexity index is 556. The highest BCUT2D eigenvalue weighted by Gasteiger charge is 2.27. The zero-order chi connectivity index (χ0) is 16.2. The first-order valence-electron chi connectivity index (χ1n) is 7.48. The van der Waals surface area contributed by atoms with Crippen LogP contribution in [-0.4, -0.2) is 25.8 Å². The fourth-order valence-electron chi connectivity index (χ4n) is 2.38. The summed E-state index contributed by atoms with van der Waals surface area (Å²) in [5.41, 5.74) is 7.33. The summed E-state index contributed by atoms with van der Waals surface area (Å²) in [4.78, 5) is 0.381. The second-order valence-corrected chi connectivity index (χ2v) is 8.26. The molecular formula is C16H28N2O2S. The standard InChI is InChI=1S/C16H28N2O2S/c1-12(2)10-18(11-13(3)4)21(19,20)16-8-6-7-15(9-17)14(16)5/h6-8,12-13H,9-11,17H2,1-5H3. The van der Waals surface area contributed by atoms with E-state index in [2.05, 4.69) is 0 Å². The van der Waals surface area contributed by atoms with Gasteiger partial charge in [-0.3, -0.25) is 0 Å². The number of nitrogens with zero attached hydrogens (tertiary/aromatic N) is 1. The van der Waals surface area contributed by atoms with Crippen molar-refractivity contribution in [2.24, 2.45) is 17.6 Å². The van der Waals surface area contributed by atoms with Gasteiger partial charge in [-0.1, -0.05) is 39.8 Å². The van der Waals surface area contributed by atoms with Crippen LogP contribution in [-0.2, 0) is 16.6 Å². The van der Waals surface area contributed by atoms with Crippen molar-refractivity contribution in [2.75, 3.05) is 13.1 Å². The number of benzene rings is 1. The van der Waals surface area contributed by atoms with E-state index in [4.69, 9.17) is 5.73 Å². The van der Waals surface area contributed by atoms with Crippen molar-refractivity contribution in [1.82, 2.24) is 4.31 Å². The maximum absolute atomic E-state index is 13.0. The summed E-state index contributed by atoms with van der Waals surface area (Å²) in [6, 6.07) is 5.33. The first kappa shape index (κ1) is 18.1. The molecule has 4 nitrogen and oxygen atoms in total. The first-order valence-corrected chi connectivity index (χ1v) is 8.92. The molecule has 0 amide bonds. The second kappa shape index (κ2) is 7.38. The van der Waals surface area contributed by atoms with Gasteiger partial charge in [0.15, 0.2) is 0 Å². The Morgan fingerprint density at radius 1 is 1.10 bits per heavy atom. The van der Waals surface area contributed by atoms with E-state index in [1.807, 2.05) is 40.7 Å². The summed E-state index contributed by atoms with van der Waals surface area (Å²) < 4.78 is 27.6. The predicted molar refractivity (Wildman–Crippen MR) is 87.5 cm³/mol. The molecule has 0 atom stereocenters. The van der Waals surface area contributed by atoms with Gasteiger partial charge in [0.1, 0.15) is 0 Å². The van der Waals surface area contributed by atoms with Crippen LogP contribution in [0.5, 0.6) is 0 Å². The van der Waals surface area contributed by atoms with Crippen molar-refractivity contribution in [3.63, 3.8) is 0 Å². The van der Waals surface area contributed by atoms with Crippen LogP contribution >= 0.6 is 0 Å². The Morgan fingerprint density at radius 2 is 1.62 bits per heavy atom. The van der Waals surface area contributed by atoms with Crippen LogP contribution in [0.1, 0.15) is 38.8 Å². The SMILES string of the molecule is Cc1c(CN)cccc1S(=O)(=O)N(CC(C)C)CC(C)C. The monoisotopic (exact) mass is 312 g/mol. The lowest BCUT2D eigenvalue weighted by Crippen LogP contribution is -2.37. The molecular weight excluding hydrogens is 284 g/mol. The zero-order valence-corrected chi connectivity index (χ0v) is 14.6. The topological polar surface area (TPSA) is 63.4 Å². The Labute approximate surface area is 129 Å². The van der Waals surface area contributed by atoms with Crippen molar-refractivity contribution in [3.05, 3.63) is 29.3 Å². The number of hydrogen-bond donors (Lipinski definition) is 1. The minimum absolute atomic E-state index is 0.288. The van der Waals surface area contributed by atoms with Gasteiger partial charge >= 0.3 is 0 Å². The van der Waals surface area contributed by atoms with E-state index in [0.717, 1.165) is 11.1 Å². The normalized spacial score (nSPS) is 12.6. The highest BCUT2D eigenvalue weighted by Crippen LogP contribution is 2.24. The van der Waals surface area contributed by atoms with Gasteiger partial charge in [-0.25, -0.2) is 8.42 Å². The van der Waals surface area contributed by atoms with Crippen LogP contribution in [0, 0.1) is 18.8 Å². The summed E-state index contributed by atoms with van der Waals surface area (Å²) in [6.07, 6.45) is 0. The van der Waals surface area contributed by atoms with Gasteiger partial charge in [-0.05, 0) is 36.0 Å². The summed E-state index contributed by atoms with van der Waals surface area (Å²) >= 11 is 0. The minimum Gasteiger partial charge on any atom is -0.326 e. The second-order valence-electron chi connectivity index (χ2n) is 6.35. The van der Waals surface area contributed by atoms with Gasteiger partial charge in [0.2, 0.25) is 10.0 Å². The maximum atomic E-state index is 13.0. The quantitative estimate of drug-likeness (QED) is 0.842. The average molecular weight is 312 g/mol. The van der Waals surface area contributed by atoms with Crippen LogP contribution in [0.4, 0.5) is 0 Å². The lowest BCUT2D eigenvalue weighted by Gasteiger charge is -2.26. The molecule has 0 bridgehead atoms. The van der Waals surface area contributed by atoms with Crippen LogP contribution in [0.15, 0.2) is 23.1 Å². The summed E-state index contributed by atoms with van der Waals surface area (Å²) in [6.45, 7) is 11.4. The molecule has 0 radical (unpaired) electrons. The van der Waals surface area contributed by atoms with Crippen LogP contribution in [0.3, 0.4) is 0 Å². The fraction of sp³-hybridized carbons (Fsp3) is 0.625. The minimum atomic E-state index is -3.48. The van der Waals surface area contributed by atoms with Gasteiger partial charge in [-0.15, -0.1) is 0 Å². The molecule has 0 aliphatic heterocycles. The van der Waals surface area contributed by atoms with Gasteiger partial charge in [0.25, 0.3) is 0 Å². The molecule has 0 saturated carbocycles. The van der Waals surface area contributed by atoms with Gasteiger partial charge in [0, 0.05) is 19.6 Å². The third-order valence-electron chi connectivity index (χ3n) is 3.37. The van der Waals surface area contributed by atoms with Crippen LogP contribution in [0.2, 0.25) is 0 Å². The summed E-state index contributed by atoms with van der Waals surface area (Å²) in [5.74, 6) is 0.577. The highest BCUT2D eigenvalue weighted by molar-refractivity contribution is 7.89. The lowest BCUT2D eigenvalue weighted by molar-refractivity contribution is 0.333. The third-order valence-corrected chi connectivity index (χ3v) is 5.35. The van der Waals surface area contributed by atoms with Crippen molar-refractivity contribution in [2.45, 2.75) is 46.1 Å². The number of sulfonamides is 1. The van der Waals surface area contributed by atoms with Crippen molar-refractivity contribution in [1.29, 1.82) is 0 Å². The molecule has 1 rings (SSSR count). The first-order chi connectivity index (χ1) is 9.70. The number of nitrogens with two attached hydrogens (primary N) is 1. The number of hydrogen-bond acceptors (Lipinski definition) is 3. The molecule has 0 aliphatic rings. The predicted octanol–water partition coefficient (Wildman–Crippen LogP) is 2.76. The maximum Gasteiger partial charge on any atom is 0.243 e. The molecule has 21 heavy (non-hydrogen) atoms. The van der Waals surface area contributed by atoms with Crippen LogP contribution < -0.4 is 5.73 Å². The molecule has 0 saturated heterocycles. The van der Waals surface area contributed by atoms with Gasteiger partial charge in [-0.2, -0.15) is 4.31 Å². The van der Waals surface area contributed by atoms with E-state index in [-0.39, 0.29) is 11.8 Å². The molecule has 0 spiro atoms. The average Bonchev–Trinajstić information content (AvgIpc) is 2.36. The molecule has 0 heterocycles. The molecule has 1 aromatic carbocycles. The van der Waals surface area contributed by atoms with Crippen molar-refractivity contribution in [3.8, 4) is 0 Å². The molecule has 0 fully saturated rings. The molecule has 2 N–H and O–H groups in total. The van der Waals surface area contributed by atoms with Crippen LogP contribution in [0.25, 0.3) is 0 Å². The summed E-state index contributed by atoms with van der Waals surface area (Å²) in [5, 5.41) is 0. The Kier molecular flexibility index (Phi) is 6.38. The smallest absolute Gasteiger partial charge is 0.243 e. The highest BCUT2D eigenvalue weighted by atomic mass is 32.2. The summed E-state index contributed by atoms with van der Waals surface area (Å²) in [7, 11) is -3.48. The molecule has 1 aromatic rings. The number of rotatable bonds is 7. The lowest BCUT2D eigenvalue weighted by atomic mass is 10.1. The van der Waals surface area contributed by atoms with E-state index < -0.39 is 10.0 Å². The largest absolute Gasteiger partial charge is 0.326 e. The molecule has 120 valence electrons. The van der Waals surface area contributed by atoms with E-state index in [0.29, 0.717) is 24.5 Å². The Morgan fingerprint density at radius 3 is 2.05 bits per heavy atom. The molecule has 0 unspecified atom stereocenters. The zero-order valence-electron chi connectivity index (χ0n) is 13.8. The van der Waals surface area contributed by atoms with E-state index in [9.17, 15) is 8.42 Å². The molecule has 0 aromatic heterocycles. The Balaban J connectivity index is 3.28.